The van der Waals surface area contributed by atoms with Crippen LogP contribution in [0.2, 0.25) is 0 Å². The minimum Gasteiger partial charge on any atom is -0.381 e. The summed E-state index contributed by atoms with van der Waals surface area (Å²) in [4.78, 5) is 22.5. The molecule has 0 spiro atoms. The van der Waals surface area contributed by atoms with Gasteiger partial charge in [-0.3, -0.25) is 9.63 Å². The van der Waals surface area contributed by atoms with Crippen molar-refractivity contribution < 1.29 is 14.4 Å². The van der Waals surface area contributed by atoms with Gasteiger partial charge < -0.3 is 9.30 Å². The van der Waals surface area contributed by atoms with Crippen LogP contribution in [-0.2, 0) is 20.9 Å². The summed E-state index contributed by atoms with van der Waals surface area (Å²) in [6.07, 6.45) is 4.01. The monoisotopic (exact) mass is 315 g/mol. The molecule has 1 aliphatic heterocycles. The van der Waals surface area contributed by atoms with Crippen LogP contribution in [0, 0.1) is 0 Å². The number of rotatable bonds is 5. The molecule has 0 atom stereocenters. The molecule has 1 N–H and O–H groups in total. The third-order valence-corrected chi connectivity index (χ3v) is 4.44. The molecule has 1 saturated carbocycles. The van der Waals surface area contributed by atoms with Crippen LogP contribution in [0.4, 0.5) is 0 Å². The van der Waals surface area contributed by atoms with Crippen molar-refractivity contribution in [2.24, 2.45) is 0 Å². The normalized spacial score (nSPS) is 19.1. The Kier molecular flexibility index (Phi) is 4.01. The number of amides is 1. The lowest BCUT2D eigenvalue weighted by atomic mass is 10.2. The highest BCUT2D eigenvalue weighted by Gasteiger charge is 2.30. The van der Waals surface area contributed by atoms with Crippen molar-refractivity contribution in [1.29, 1.82) is 0 Å². The van der Waals surface area contributed by atoms with E-state index in [9.17, 15) is 4.79 Å². The molecular weight excluding hydrogens is 294 g/mol. The Morgan fingerprint density at radius 2 is 2.04 bits per heavy atom. The first-order chi connectivity index (χ1) is 11.3. The van der Waals surface area contributed by atoms with Crippen molar-refractivity contribution in [2.75, 3.05) is 13.2 Å². The van der Waals surface area contributed by atoms with E-state index in [1.165, 1.54) is 0 Å². The Hall–Kier alpha value is -1.92. The first-order valence-corrected chi connectivity index (χ1v) is 8.28. The van der Waals surface area contributed by atoms with Crippen LogP contribution >= 0.6 is 0 Å². The second kappa shape index (κ2) is 6.29. The minimum atomic E-state index is -0.137. The van der Waals surface area contributed by atoms with Gasteiger partial charge in [-0.15, -0.1) is 0 Å². The van der Waals surface area contributed by atoms with Crippen LogP contribution in [0.15, 0.2) is 24.3 Å². The van der Waals surface area contributed by atoms with Crippen LogP contribution in [-0.4, -0.2) is 34.8 Å². The third-order valence-electron chi connectivity index (χ3n) is 4.44. The van der Waals surface area contributed by atoms with Crippen molar-refractivity contribution in [2.45, 2.75) is 44.2 Å². The second-order valence-electron chi connectivity index (χ2n) is 6.27. The predicted molar refractivity (Wildman–Crippen MR) is 84.8 cm³/mol. The van der Waals surface area contributed by atoms with Gasteiger partial charge in [-0.1, -0.05) is 12.1 Å². The minimum absolute atomic E-state index is 0.0510. The fourth-order valence-corrected chi connectivity index (χ4v) is 3.03. The molecule has 122 valence electrons. The number of ether oxygens (including phenoxy) is 1. The maximum atomic E-state index is 12.3. The maximum Gasteiger partial charge on any atom is 0.263 e. The van der Waals surface area contributed by atoms with Gasteiger partial charge in [-0.05, 0) is 37.8 Å². The average Bonchev–Trinajstić information content (AvgIpc) is 3.37. The predicted octanol–water partition coefficient (Wildman–Crippen LogP) is 2.14. The highest BCUT2D eigenvalue weighted by Crippen LogP contribution is 2.40. The molecule has 23 heavy (non-hydrogen) atoms. The zero-order chi connectivity index (χ0) is 15.6. The fraction of sp³-hybridized carbons (Fsp3) is 0.529. The number of benzene rings is 1. The fourth-order valence-electron chi connectivity index (χ4n) is 3.03. The topological polar surface area (TPSA) is 65.4 Å². The van der Waals surface area contributed by atoms with Gasteiger partial charge in [0.15, 0.2) is 0 Å². The van der Waals surface area contributed by atoms with E-state index in [0.29, 0.717) is 19.1 Å². The van der Waals surface area contributed by atoms with Gasteiger partial charge in [0.25, 0.3) is 5.91 Å². The van der Waals surface area contributed by atoms with E-state index in [-0.39, 0.29) is 18.6 Å². The summed E-state index contributed by atoms with van der Waals surface area (Å²) in [5, 5.41) is 0. The van der Waals surface area contributed by atoms with Gasteiger partial charge in [0.1, 0.15) is 12.4 Å². The van der Waals surface area contributed by atoms with Crippen molar-refractivity contribution in [1.82, 2.24) is 15.0 Å². The van der Waals surface area contributed by atoms with E-state index >= 15 is 0 Å². The zero-order valence-corrected chi connectivity index (χ0v) is 13.0. The number of para-hydroxylation sites is 2. The highest BCUT2D eigenvalue weighted by atomic mass is 16.7. The average molecular weight is 315 g/mol. The van der Waals surface area contributed by atoms with E-state index in [2.05, 4.69) is 5.48 Å². The lowest BCUT2D eigenvalue weighted by molar-refractivity contribution is -0.144. The van der Waals surface area contributed by atoms with Gasteiger partial charge in [0.2, 0.25) is 0 Å². The smallest absolute Gasteiger partial charge is 0.263 e. The number of imidazole rings is 1. The third kappa shape index (κ3) is 3.23. The molecule has 0 radical (unpaired) electrons. The summed E-state index contributed by atoms with van der Waals surface area (Å²) in [5.74, 6) is 1.38. The summed E-state index contributed by atoms with van der Waals surface area (Å²) >= 11 is 0. The molecule has 6 heteroatoms. The Bertz CT molecular complexity index is 702. The lowest BCUT2D eigenvalue weighted by Crippen LogP contribution is -2.35. The van der Waals surface area contributed by atoms with Crippen LogP contribution in [0.25, 0.3) is 11.0 Å². The van der Waals surface area contributed by atoms with Crippen molar-refractivity contribution in [3.8, 4) is 0 Å². The zero-order valence-electron chi connectivity index (χ0n) is 13.0. The first kappa shape index (κ1) is 14.7. The SMILES string of the molecule is O=C(Cn1c(C2CC2)nc2ccccc21)NOC1CCOCC1. The number of aromatic nitrogens is 2. The molecule has 1 saturated heterocycles. The van der Waals surface area contributed by atoms with Crippen LogP contribution < -0.4 is 5.48 Å². The number of nitrogens with zero attached hydrogens (tertiary/aromatic N) is 2. The standard InChI is InChI=1S/C17H21N3O3/c21-16(19-23-13-7-9-22-10-8-13)11-20-15-4-2-1-3-14(15)18-17(20)12-5-6-12/h1-4,12-13H,5-11H2,(H,19,21). The summed E-state index contributed by atoms with van der Waals surface area (Å²) in [5.41, 5.74) is 4.56. The van der Waals surface area contributed by atoms with Gasteiger partial charge in [-0.2, -0.15) is 0 Å². The molecule has 2 aliphatic rings. The van der Waals surface area contributed by atoms with Crippen LogP contribution in [0.1, 0.15) is 37.4 Å². The number of hydroxylamine groups is 1. The molecule has 6 nitrogen and oxygen atoms in total. The molecule has 2 aromatic rings. The Labute approximate surface area is 134 Å². The summed E-state index contributed by atoms with van der Waals surface area (Å²) in [7, 11) is 0. The molecule has 2 fully saturated rings. The summed E-state index contributed by atoms with van der Waals surface area (Å²) in [6, 6.07) is 7.97. The number of carbonyl (C=O) groups excluding carboxylic acids is 1. The van der Waals surface area contributed by atoms with E-state index in [1.54, 1.807) is 0 Å². The van der Waals surface area contributed by atoms with Gasteiger partial charge >= 0.3 is 0 Å². The molecule has 0 unspecified atom stereocenters. The first-order valence-electron chi connectivity index (χ1n) is 8.28. The molecule has 1 aromatic carbocycles. The van der Waals surface area contributed by atoms with Gasteiger partial charge in [0, 0.05) is 19.1 Å². The molecular formula is C17H21N3O3. The Balaban J connectivity index is 1.46. The number of hydrogen-bond donors (Lipinski definition) is 1. The quantitative estimate of drug-likeness (QED) is 0.859. The Morgan fingerprint density at radius 1 is 1.26 bits per heavy atom. The van der Waals surface area contributed by atoms with E-state index < -0.39 is 0 Å². The second-order valence-corrected chi connectivity index (χ2v) is 6.27. The summed E-state index contributed by atoms with van der Waals surface area (Å²) in [6.45, 7) is 1.63. The number of hydrogen-bond acceptors (Lipinski definition) is 4. The van der Waals surface area contributed by atoms with Crippen molar-refractivity contribution in [3.05, 3.63) is 30.1 Å². The molecule has 1 aromatic heterocycles. The number of nitrogens with one attached hydrogen (secondary N) is 1. The molecule has 1 aliphatic carbocycles. The molecule has 2 heterocycles. The van der Waals surface area contributed by atoms with Crippen LogP contribution in [0.5, 0.6) is 0 Å². The Morgan fingerprint density at radius 3 is 2.83 bits per heavy atom. The number of carbonyl (C=O) groups is 1. The largest absolute Gasteiger partial charge is 0.381 e. The van der Waals surface area contributed by atoms with Crippen molar-refractivity contribution in [3.63, 3.8) is 0 Å². The van der Waals surface area contributed by atoms with Crippen molar-refractivity contribution >= 4 is 16.9 Å². The molecule has 1 amide bonds. The van der Waals surface area contributed by atoms with Gasteiger partial charge in [-0.25, -0.2) is 10.5 Å². The van der Waals surface area contributed by atoms with Gasteiger partial charge in [0.05, 0.1) is 17.1 Å². The number of fused-ring (bicyclic) bond motifs is 1. The summed E-state index contributed by atoms with van der Waals surface area (Å²) < 4.78 is 7.31. The lowest BCUT2D eigenvalue weighted by Gasteiger charge is -2.22. The van der Waals surface area contributed by atoms with E-state index in [4.69, 9.17) is 14.6 Å². The maximum absolute atomic E-state index is 12.3. The highest BCUT2D eigenvalue weighted by molar-refractivity contribution is 5.80. The van der Waals surface area contributed by atoms with E-state index in [0.717, 1.165) is 42.5 Å². The molecule has 4 rings (SSSR count). The van der Waals surface area contributed by atoms with Crippen LogP contribution in [0.3, 0.4) is 0 Å². The van der Waals surface area contributed by atoms with E-state index in [1.807, 2.05) is 28.8 Å². The molecule has 0 bridgehead atoms.